The van der Waals surface area contributed by atoms with Gasteiger partial charge < -0.3 is 4.42 Å². The lowest BCUT2D eigenvalue weighted by Gasteiger charge is -2.19. The van der Waals surface area contributed by atoms with Crippen LogP contribution in [0.25, 0.3) is 10.6 Å². The average molecular weight is 376 g/mol. The predicted octanol–water partition coefficient (Wildman–Crippen LogP) is 4.78. The summed E-state index contributed by atoms with van der Waals surface area (Å²) in [4.78, 5) is 1.28. The van der Waals surface area contributed by atoms with Gasteiger partial charge in [-0.05, 0) is 46.7 Å². The number of hydrogen-bond acceptors (Lipinski definition) is 4. The largest absolute Gasteiger partial charge is 0.459 e. The number of nitrogens with one attached hydrogen (secondary N) is 1. The Morgan fingerprint density at radius 1 is 1.04 bits per heavy atom. The summed E-state index contributed by atoms with van der Waals surface area (Å²) in [5.41, 5.74) is 1.08. The lowest BCUT2D eigenvalue weighted by atomic mass is 9.87. The molecule has 0 spiro atoms. The maximum atomic E-state index is 12.5. The second-order valence-corrected chi connectivity index (χ2v) is 9.56. The predicted molar refractivity (Wildman–Crippen MR) is 101 cm³/mol. The fourth-order valence-electron chi connectivity index (χ4n) is 2.41. The van der Waals surface area contributed by atoms with Crippen LogP contribution >= 0.6 is 11.3 Å². The van der Waals surface area contributed by atoms with Crippen LogP contribution in [-0.2, 0) is 22.0 Å². The van der Waals surface area contributed by atoms with Crippen molar-refractivity contribution in [2.24, 2.45) is 0 Å². The van der Waals surface area contributed by atoms with Crippen LogP contribution in [0.1, 0.15) is 32.1 Å². The molecule has 0 aliphatic rings. The lowest BCUT2D eigenvalue weighted by Crippen LogP contribution is -2.23. The molecule has 0 saturated carbocycles. The van der Waals surface area contributed by atoms with Crippen LogP contribution in [0.3, 0.4) is 0 Å². The van der Waals surface area contributed by atoms with Gasteiger partial charge in [-0.25, -0.2) is 13.1 Å². The summed E-state index contributed by atoms with van der Waals surface area (Å²) < 4.78 is 33.2. The van der Waals surface area contributed by atoms with E-state index in [1.54, 1.807) is 29.5 Å². The fourth-order valence-corrected chi connectivity index (χ4v) is 4.09. The van der Waals surface area contributed by atoms with Gasteiger partial charge in [-0.3, -0.25) is 0 Å². The molecule has 3 rings (SSSR count). The van der Waals surface area contributed by atoms with Gasteiger partial charge in [-0.1, -0.05) is 39.0 Å². The summed E-state index contributed by atoms with van der Waals surface area (Å²) in [6, 6.07) is 14.6. The van der Waals surface area contributed by atoms with E-state index in [0.717, 1.165) is 16.2 Å². The molecule has 0 aliphatic heterocycles. The smallest absolute Gasteiger partial charge is 0.240 e. The minimum absolute atomic E-state index is 0.0118. The Hall–Kier alpha value is -1.89. The SMILES string of the molecule is CC(C)(C)c1ccc(S(=O)(=O)NCc2ccc(-c3cccs3)o2)cc1. The highest BCUT2D eigenvalue weighted by Crippen LogP contribution is 2.27. The molecule has 3 aromatic rings. The molecule has 2 aromatic heterocycles. The lowest BCUT2D eigenvalue weighted by molar-refractivity contribution is 0.510. The van der Waals surface area contributed by atoms with Gasteiger partial charge in [0.1, 0.15) is 11.5 Å². The number of furan rings is 1. The number of sulfonamides is 1. The zero-order valence-corrected chi connectivity index (χ0v) is 16.1. The van der Waals surface area contributed by atoms with Crippen LogP contribution in [0.5, 0.6) is 0 Å². The minimum Gasteiger partial charge on any atom is -0.459 e. The molecule has 0 radical (unpaired) electrons. The van der Waals surface area contributed by atoms with Gasteiger partial charge in [0.2, 0.25) is 10.0 Å². The third kappa shape index (κ3) is 4.21. The molecule has 0 unspecified atom stereocenters. The summed E-state index contributed by atoms with van der Waals surface area (Å²) >= 11 is 1.58. The van der Waals surface area contributed by atoms with Gasteiger partial charge in [0.15, 0.2) is 0 Å². The molecule has 0 amide bonds. The van der Waals surface area contributed by atoms with Crippen LogP contribution in [0.4, 0.5) is 0 Å². The molecule has 0 atom stereocenters. The van der Waals surface area contributed by atoms with Crippen LogP contribution in [0.15, 0.2) is 63.2 Å². The second kappa shape index (κ2) is 6.78. The highest BCUT2D eigenvalue weighted by molar-refractivity contribution is 7.89. The fraction of sp³-hybridized carbons (Fsp3) is 0.263. The molecule has 1 aromatic carbocycles. The van der Waals surface area contributed by atoms with Crippen LogP contribution in [-0.4, -0.2) is 8.42 Å². The van der Waals surface area contributed by atoms with Crippen molar-refractivity contribution in [3.05, 3.63) is 65.2 Å². The Bertz CT molecular complexity index is 931. The maximum Gasteiger partial charge on any atom is 0.240 e. The van der Waals surface area contributed by atoms with Crippen molar-refractivity contribution in [1.29, 1.82) is 0 Å². The molecule has 6 heteroatoms. The van der Waals surface area contributed by atoms with E-state index in [2.05, 4.69) is 25.5 Å². The Balaban J connectivity index is 1.70. The van der Waals surface area contributed by atoms with Crippen molar-refractivity contribution >= 4 is 21.4 Å². The third-order valence-corrected chi connectivity index (χ3v) is 6.19. The van der Waals surface area contributed by atoms with Gasteiger partial charge in [0, 0.05) is 0 Å². The highest BCUT2D eigenvalue weighted by Gasteiger charge is 2.18. The van der Waals surface area contributed by atoms with E-state index in [1.165, 1.54) is 0 Å². The number of hydrogen-bond donors (Lipinski definition) is 1. The van der Waals surface area contributed by atoms with Gasteiger partial charge in [-0.15, -0.1) is 11.3 Å². The first-order chi connectivity index (χ1) is 11.8. The van der Waals surface area contributed by atoms with Gasteiger partial charge >= 0.3 is 0 Å². The van der Waals surface area contributed by atoms with Gasteiger partial charge in [0.25, 0.3) is 0 Å². The summed E-state index contributed by atoms with van der Waals surface area (Å²) in [5, 5.41) is 1.97. The molecule has 0 bridgehead atoms. The molecule has 132 valence electrons. The molecule has 4 nitrogen and oxygen atoms in total. The topological polar surface area (TPSA) is 59.3 Å². The van der Waals surface area contributed by atoms with Crippen molar-refractivity contribution in [3.63, 3.8) is 0 Å². The van der Waals surface area contributed by atoms with E-state index in [4.69, 9.17) is 4.42 Å². The number of thiophene rings is 1. The maximum absolute atomic E-state index is 12.5. The molecular weight excluding hydrogens is 354 g/mol. The third-order valence-electron chi connectivity index (χ3n) is 3.89. The normalized spacial score (nSPS) is 12.4. The van der Waals surface area contributed by atoms with E-state index in [-0.39, 0.29) is 16.9 Å². The Morgan fingerprint density at radius 3 is 2.36 bits per heavy atom. The molecular formula is C19H21NO3S2. The van der Waals surface area contributed by atoms with Crippen molar-refractivity contribution in [2.45, 2.75) is 37.6 Å². The second-order valence-electron chi connectivity index (χ2n) is 6.84. The Labute approximate surface area is 152 Å². The standard InChI is InChI=1S/C19H21NO3S2/c1-19(2,3)14-6-9-16(10-7-14)25(21,22)20-13-15-8-11-17(23-15)18-5-4-12-24-18/h4-12,20H,13H2,1-3H3. The summed E-state index contributed by atoms with van der Waals surface area (Å²) in [7, 11) is -3.57. The Kier molecular flexibility index (Phi) is 4.86. The van der Waals surface area contributed by atoms with Gasteiger partial charge in [-0.2, -0.15) is 0 Å². The first-order valence-corrected chi connectivity index (χ1v) is 10.3. The monoisotopic (exact) mass is 375 g/mol. The number of benzene rings is 1. The Morgan fingerprint density at radius 2 is 1.76 bits per heavy atom. The molecule has 0 fully saturated rings. The minimum atomic E-state index is -3.57. The summed E-state index contributed by atoms with van der Waals surface area (Å²) in [5.74, 6) is 1.33. The van der Waals surface area contributed by atoms with Crippen molar-refractivity contribution in [2.75, 3.05) is 0 Å². The van der Waals surface area contributed by atoms with Crippen LogP contribution < -0.4 is 4.72 Å². The first-order valence-electron chi connectivity index (χ1n) is 7.98. The average Bonchev–Trinajstić information content (AvgIpc) is 3.23. The molecule has 0 saturated heterocycles. The highest BCUT2D eigenvalue weighted by atomic mass is 32.2. The molecule has 0 aliphatic carbocycles. The summed E-state index contributed by atoms with van der Waals surface area (Å²) in [6.45, 7) is 6.40. The van der Waals surface area contributed by atoms with Gasteiger partial charge in [0.05, 0.1) is 16.3 Å². The zero-order valence-electron chi connectivity index (χ0n) is 14.4. The van der Waals surface area contributed by atoms with Crippen LogP contribution in [0.2, 0.25) is 0 Å². The first kappa shape index (κ1) is 17.9. The van der Waals surface area contributed by atoms with E-state index in [9.17, 15) is 8.42 Å². The van der Waals surface area contributed by atoms with Crippen molar-refractivity contribution in [3.8, 4) is 10.6 Å². The van der Waals surface area contributed by atoms with Crippen molar-refractivity contribution < 1.29 is 12.8 Å². The zero-order chi connectivity index (χ0) is 18.1. The van der Waals surface area contributed by atoms with Crippen molar-refractivity contribution in [1.82, 2.24) is 4.72 Å². The molecule has 25 heavy (non-hydrogen) atoms. The summed E-state index contributed by atoms with van der Waals surface area (Å²) in [6.07, 6.45) is 0. The van der Waals surface area contributed by atoms with Crippen LogP contribution in [0, 0.1) is 0 Å². The molecule has 1 N–H and O–H groups in total. The van der Waals surface area contributed by atoms with E-state index >= 15 is 0 Å². The quantitative estimate of drug-likeness (QED) is 0.698. The van der Waals surface area contributed by atoms with E-state index in [1.807, 2.05) is 35.7 Å². The number of rotatable bonds is 5. The molecule has 2 heterocycles. The van der Waals surface area contributed by atoms with E-state index < -0.39 is 10.0 Å². The van der Waals surface area contributed by atoms with E-state index in [0.29, 0.717) is 5.76 Å².